The summed E-state index contributed by atoms with van der Waals surface area (Å²) in [5.74, 6) is -0.303. The second-order valence-corrected chi connectivity index (χ2v) is 4.18. The molecule has 1 aliphatic heterocycles. The number of amides is 2. The predicted molar refractivity (Wildman–Crippen MR) is 62.7 cm³/mol. The van der Waals surface area contributed by atoms with Crippen molar-refractivity contribution in [1.82, 2.24) is 10.6 Å². The summed E-state index contributed by atoms with van der Waals surface area (Å²) in [4.78, 5) is 23.5. The van der Waals surface area contributed by atoms with E-state index in [1.54, 1.807) is 26.0 Å². The summed E-state index contributed by atoms with van der Waals surface area (Å²) in [6.45, 7) is 3.83. The molecule has 18 heavy (non-hydrogen) atoms. The predicted octanol–water partition coefficient (Wildman–Crippen LogP) is 1.20. The van der Waals surface area contributed by atoms with Gasteiger partial charge in [0.25, 0.3) is 0 Å². The number of ether oxygens (including phenoxy) is 1. The molecular weight excluding hydrogens is 236 g/mol. The molecule has 0 spiro atoms. The van der Waals surface area contributed by atoms with E-state index in [4.69, 9.17) is 9.15 Å². The minimum Gasteiger partial charge on any atom is -0.467 e. The van der Waals surface area contributed by atoms with Gasteiger partial charge in [-0.3, -0.25) is 4.79 Å². The Labute approximate surface area is 105 Å². The SMILES string of the molecule is CCOC(=O)C1C(C)NC(=O)NC1c1ccco1. The van der Waals surface area contributed by atoms with E-state index < -0.39 is 12.0 Å². The number of nitrogens with one attached hydrogen (secondary N) is 2. The number of rotatable bonds is 3. The van der Waals surface area contributed by atoms with Crippen molar-refractivity contribution in [2.75, 3.05) is 6.61 Å². The van der Waals surface area contributed by atoms with Crippen LogP contribution < -0.4 is 10.6 Å². The normalized spacial score (nSPS) is 27.2. The molecule has 0 aromatic carbocycles. The number of hydrogen-bond acceptors (Lipinski definition) is 4. The number of esters is 1. The largest absolute Gasteiger partial charge is 0.467 e. The van der Waals surface area contributed by atoms with Crippen molar-refractivity contribution in [3.8, 4) is 0 Å². The molecule has 2 heterocycles. The van der Waals surface area contributed by atoms with Crippen molar-refractivity contribution < 1.29 is 18.7 Å². The van der Waals surface area contributed by atoms with Crippen LogP contribution in [0.15, 0.2) is 22.8 Å². The summed E-state index contributed by atoms with van der Waals surface area (Å²) in [6, 6.07) is 2.33. The highest BCUT2D eigenvalue weighted by Gasteiger charge is 2.42. The molecule has 1 fully saturated rings. The number of carbonyl (C=O) groups is 2. The lowest BCUT2D eigenvalue weighted by Crippen LogP contribution is -2.57. The third kappa shape index (κ3) is 2.32. The topological polar surface area (TPSA) is 80.6 Å². The third-order valence-corrected chi connectivity index (χ3v) is 2.95. The highest BCUT2D eigenvalue weighted by Crippen LogP contribution is 2.29. The average Bonchev–Trinajstić information content (AvgIpc) is 2.81. The smallest absolute Gasteiger partial charge is 0.315 e. The lowest BCUT2D eigenvalue weighted by atomic mass is 9.89. The van der Waals surface area contributed by atoms with Crippen molar-refractivity contribution in [2.24, 2.45) is 5.92 Å². The second-order valence-electron chi connectivity index (χ2n) is 4.18. The van der Waals surface area contributed by atoms with E-state index in [1.165, 1.54) is 6.26 Å². The van der Waals surface area contributed by atoms with Crippen LogP contribution in [0.4, 0.5) is 4.79 Å². The minimum absolute atomic E-state index is 0.306. The number of urea groups is 1. The van der Waals surface area contributed by atoms with Crippen LogP contribution in [0.1, 0.15) is 25.6 Å². The molecule has 0 bridgehead atoms. The fourth-order valence-electron chi connectivity index (χ4n) is 2.15. The lowest BCUT2D eigenvalue weighted by Gasteiger charge is -2.34. The number of furan rings is 1. The van der Waals surface area contributed by atoms with Gasteiger partial charge in [-0.15, -0.1) is 0 Å². The first-order valence-corrected chi connectivity index (χ1v) is 5.90. The summed E-state index contributed by atoms with van der Waals surface area (Å²) >= 11 is 0. The van der Waals surface area contributed by atoms with Crippen LogP contribution in [-0.2, 0) is 9.53 Å². The van der Waals surface area contributed by atoms with Crippen LogP contribution in [0.5, 0.6) is 0 Å². The van der Waals surface area contributed by atoms with Gasteiger partial charge in [-0.25, -0.2) is 4.79 Å². The maximum Gasteiger partial charge on any atom is 0.315 e. The Balaban J connectivity index is 2.26. The summed E-state index contributed by atoms with van der Waals surface area (Å²) in [5, 5.41) is 5.36. The van der Waals surface area contributed by atoms with Gasteiger partial charge in [0.15, 0.2) is 0 Å². The molecular formula is C12H16N2O4. The van der Waals surface area contributed by atoms with E-state index in [2.05, 4.69) is 10.6 Å². The molecule has 2 N–H and O–H groups in total. The zero-order valence-corrected chi connectivity index (χ0v) is 10.3. The first-order chi connectivity index (χ1) is 8.63. The van der Waals surface area contributed by atoms with Crippen LogP contribution in [-0.4, -0.2) is 24.6 Å². The molecule has 2 amide bonds. The minimum atomic E-state index is -0.506. The van der Waals surface area contributed by atoms with Gasteiger partial charge in [0.05, 0.1) is 12.9 Å². The maximum atomic E-state index is 12.0. The standard InChI is InChI=1S/C12H16N2O4/c1-3-17-11(15)9-7(2)13-12(16)14-10(9)8-5-4-6-18-8/h4-7,9-10H,3H2,1-2H3,(H2,13,14,16). The molecule has 0 saturated carbocycles. The van der Waals surface area contributed by atoms with Crippen LogP contribution in [0.3, 0.4) is 0 Å². The summed E-state index contributed by atoms with van der Waals surface area (Å²) < 4.78 is 10.3. The first kappa shape index (κ1) is 12.5. The summed E-state index contributed by atoms with van der Waals surface area (Å²) in [7, 11) is 0. The van der Waals surface area contributed by atoms with Gasteiger partial charge in [-0.1, -0.05) is 0 Å². The fourth-order valence-corrected chi connectivity index (χ4v) is 2.15. The quantitative estimate of drug-likeness (QED) is 0.792. The van der Waals surface area contributed by atoms with Gasteiger partial charge >= 0.3 is 12.0 Å². The fraction of sp³-hybridized carbons (Fsp3) is 0.500. The molecule has 6 heteroatoms. The van der Waals surface area contributed by atoms with Gasteiger partial charge in [0.1, 0.15) is 17.7 Å². The van der Waals surface area contributed by atoms with Crippen LogP contribution in [0.25, 0.3) is 0 Å². The van der Waals surface area contributed by atoms with Gasteiger partial charge in [-0.2, -0.15) is 0 Å². The highest BCUT2D eigenvalue weighted by molar-refractivity contribution is 5.82. The Morgan fingerprint density at radius 2 is 2.28 bits per heavy atom. The lowest BCUT2D eigenvalue weighted by molar-refractivity contribution is -0.150. The van der Waals surface area contributed by atoms with Crippen molar-refractivity contribution in [3.05, 3.63) is 24.2 Å². The van der Waals surface area contributed by atoms with Crippen LogP contribution in [0.2, 0.25) is 0 Å². The molecule has 98 valence electrons. The van der Waals surface area contributed by atoms with Gasteiger partial charge in [0.2, 0.25) is 0 Å². The van der Waals surface area contributed by atoms with Crippen molar-refractivity contribution in [3.63, 3.8) is 0 Å². The number of hydrogen-bond donors (Lipinski definition) is 2. The number of carbonyl (C=O) groups excluding carboxylic acids is 2. The van der Waals surface area contributed by atoms with E-state index >= 15 is 0 Å². The van der Waals surface area contributed by atoms with E-state index in [9.17, 15) is 9.59 Å². The molecule has 1 aliphatic rings. The molecule has 3 atom stereocenters. The van der Waals surface area contributed by atoms with Crippen LogP contribution in [0, 0.1) is 5.92 Å². The molecule has 3 unspecified atom stereocenters. The Kier molecular flexibility index (Phi) is 3.55. The van der Waals surface area contributed by atoms with E-state index in [-0.39, 0.29) is 18.0 Å². The van der Waals surface area contributed by atoms with Crippen LogP contribution >= 0.6 is 0 Å². The first-order valence-electron chi connectivity index (χ1n) is 5.90. The Bertz CT molecular complexity index is 429. The molecule has 1 aromatic heterocycles. The maximum absolute atomic E-state index is 12.0. The van der Waals surface area contributed by atoms with Gasteiger partial charge in [-0.05, 0) is 26.0 Å². The monoisotopic (exact) mass is 252 g/mol. The Hall–Kier alpha value is -1.98. The van der Waals surface area contributed by atoms with E-state index in [0.717, 1.165) is 0 Å². The van der Waals surface area contributed by atoms with Crippen molar-refractivity contribution in [1.29, 1.82) is 0 Å². The molecule has 1 saturated heterocycles. The molecule has 6 nitrogen and oxygen atoms in total. The second kappa shape index (κ2) is 5.12. The Morgan fingerprint density at radius 3 is 2.89 bits per heavy atom. The van der Waals surface area contributed by atoms with E-state index in [0.29, 0.717) is 12.4 Å². The zero-order chi connectivity index (χ0) is 13.1. The summed E-state index contributed by atoms with van der Waals surface area (Å²) in [6.07, 6.45) is 1.51. The Morgan fingerprint density at radius 1 is 1.50 bits per heavy atom. The average molecular weight is 252 g/mol. The molecule has 0 radical (unpaired) electrons. The molecule has 0 aliphatic carbocycles. The molecule has 1 aromatic rings. The zero-order valence-electron chi connectivity index (χ0n) is 10.3. The third-order valence-electron chi connectivity index (χ3n) is 2.95. The summed E-state index contributed by atoms with van der Waals surface area (Å²) in [5.41, 5.74) is 0. The van der Waals surface area contributed by atoms with Gasteiger partial charge < -0.3 is 19.8 Å². The van der Waals surface area contributed by atoms with Crippen molar-refractivity contribution >= 4 is 12.0 Å². The highest BCUT2D eigenvalue weighted by atomic mass is 16.5. The van der Waals surface area contributed by atoms with Crippen molar-refractivity contribution in [2.45, 2.75) is 25.9 Å². The van der Waals surface area contributed by atoms with Gasteiger partial charge in [0, 0.05) is 6.04 Å². The molecule has 2 rings (SSSR count). The van der Waals surface area contributed by atoms with E-state index in [1.807, 2.05) is 0 Å².